The Morgan fingerprint density at radius 2 is 2.38 bits per heavy atom. The SMILES string of the molecule is C(=CC1=CC=CC1)=Cc1ccco1. The number of furan rings is 1. The Labute approximate surface area is 77.4 Å². The molecule has 1 aromatic rings. The number of allylic oxidation sites excluding steroid dienone is 5. The van der Waals surface area contributed by atoms with Crippen molar-refractivity contribution in [3.05, 3.63) is 59.8 Å². The molecule has 0 spiro atoms. The predicted molar refractivity (Wildman–Crippen MR) is 53.1 cm³/mol. The average molecular weight is 170 g/mol. The summed E-state index contributed by atoms with van der Waals surface area (Å²) < 4.78 is 5.13. The summed E-state index contributed by atoms with van der Waals surface area (Å²) in [4.78, 5) is 0. The molecule has 0 aromatic carbocycles. The minimum Gasteiger partial charge on any atom is -0.464 e. The van der Waals surface area contributed by atoms with Gasteiger partial charge in [0.05, 0.1) is 6.26 Å². The fourth-order valence-electron chi connectivity index (χ4n) is 1.18. The van der Waals surface area contributed by atoms with Gasteiger partial charge in [0.2, 0.25) is 0 Å². The highest BCUT2D eigenvalue weighted by Crippen LogP contribution is 2.10. The van der Waals surface area contributed by atoms with Crippen molar-refractivity contribution in [3.63, 3.8) is 0 Å². The second-order valence-corrected chi connectivity index (χ2v) is 2.84. The maximum Gasteiger partial charge on any atom is 0.134 e. The Hall–Kier alpha value is -1.72. The second kappa shape index (κ2) is 3.79. The molecule has 1 heterocycles. The molecule has 0 unspecified atom stereocenters. The van der Waals surface area contributed by atoms with Gasteiger partial charge in [-0.3, -0.25) is 0 Å². The summed E-state index contributed by atoms with van der Waals surface area (Å²) in [6.45, 7) is 0. The van der Waals surface area contributed by atoms with Gasteiger partial charge in [-0.1, -0.05) is 18.2 Å². The predicted octanol–water partition coefficient (Wildman–Crippen LogP) is 3.33. The third-order valence-corrected chi connectivity index (χ3v) is 1.84. The normalized spacial score (nSPS) is 13.7. The first kappa shape index (κ1) is 7.90. The van der Waals surface area contributed by atoms with E-state index >= 15 is 0 Å². The summed E-state index contributed by atoms with van der Waals surface area (Å²) in [6, 6.07) is 3.77. The third kappa shape index (κ3) is 2.11. The van der Waals surface area contributed by atoms with Crippen LogP contribution in [0.2, 0.25) is 0 Å². The standard InChI is InChI=1S/C12H10O/c1-2-6-11(5-1)7-3-8-12-9-4-10-13-12/h1-2,4-5,7-10H,6H2. The number of rotatable bonds is 2. The first-order valence-electron chi connectivity index (χ1n) is 4.27. The van der Waals surface area contributed by atoms with Gasteiger partial charge in [-0.25, -0.2) is 0 Å². The van der Waals surface area contributed by atoms with Gasteiger partial charge in [-0.15, -0.1) is 5.73 Å². The molecule has 1 aliphatic rings. The summed E-state index contributed by atoms with van der Waals surface area (Å²) in [7, 11) is 0. The van der Waals surface area contributed by atoms with Crippen molar-refractivity contribution in [2.75, 3.05) is 0 Å². The van der Waals surface area contributed by atoms with Crippen LogP contribution in [0.25, 0.3) is 6.08 Å². The Balaban J connectivity index is 2.05. The zero-order chi connectivity index (χ0) is 8.93. The first-order chi connectivity index (χ1) is 6.45. The molecule has 64 valence electrons. The highest BCUT2D eigenvalue weighted by Gasteiger charge is 1.91. The molecule has 13 heavy (non-hydrogen) atoms. The van der Waals surface area contributed by atoms with E-state index in [0.717, 1.165) is 12.2 Å². The summed E-state index contributed by atoms with van der Waals surface area (Å²) >= 11 is 0. The zero-order valence-corrected chi connectivity index (χ0v) is 7.23. The van der Waals surface area contributed by atoms with Gasteiger partial charge in [0.1, 0.15) is 5.76 Å². The Morgan fingerprint density at radius 1 is 1.38 bits per heavy atom. The van der Waals surface area contributed by atoms with E-state index in [1.807, 2.05) is 24.3 Å². The maximum atomic E-state index is 5.13. The van der Waals surface area contributed by atoms with Gasteiger partial charge in [-0.2, -0.15) is 0 Å². The highest BCUT2D eigenvalue weighted by atomic mass is 16.3. The smallest absolute Gasteiger partial charge is 0.134 e. The molecule has 0 amide bonds. The van der Waals surface area contributed by atoms with Crippen LogP contribution in [0.1, 0.15) is 12.2 Å². The van der Waals surface area contributed by atoms with Crippen LogP contribution in [0.5, 0.6) is 0 Å². The van der Waals surface area contributed by atoms with Crippen LogP contribution in [0.15, 0.2) is 58.4 Å². The van der Waals surface area contributed by atoms with Crippen molar-refractivity contribution in [3.8, 4) is 0 Å². The lowest BCUT2D eigenvalue weighted by molar-refractivity contribution is 0.557. The lowest BCUT2D eigenvalue weighted by atomic mass is 10.2. The minimum absolute atomic E-state index is 0.836. The van der Waals surface area contributed by atoms with Crippen LogP contribution < -0.4 is 0 Å². The van der Waals surface area contributed by atoms with Crippen molar-refractivity contribution in [1.29, 1.82) is 0 Å². The molecule has 1 aromatic heterocycles. The molecule has 0 saturated carbocycles. The molecular weight excluding hydrogens is 160 g/mol. The summed E-state index contributed by atoms with van der Waals surface area (Å²) in [5.41, 5.74) is 4.36. The van der Waals surface area contributed by atoms with Gasteiger partial charge in [-0.05, 0) is 30.2 Å². The van der Waals surface area contributed by atoms with Gasteiger partial charge in [0.15, 0.2) is 0 Å². The molecule has 0 N–H and O–H groups in total. The molecule has 2 rings (SSSR count). The summed E-state index contributed by atoms with van der Waals surface area (Å²) in [6.07, 6.45) is 12.7. The van der Waals surface area contributed by atoms with Crippen LogP contribution in [0, 0.1) is 0 Å². The molecule has 0 bridgehead atoms. The van der Waals surface area contributed by atoms with E-state index in [4.69, 9.17) is 4.42 Å². The van der Waals surface area contributed by atoms with Crippen LogP contribution in [0.4, 0.5) is 0 Å². The van der Waals surface area contributed by atoms with Crippen molar-refractivity contribution in [2.45, 2.75) is 6.42 Å². The molecule has 1 aliphatic carbocycles. The Morgan fingerprint density at radius 3 is 3.08 bits per heavy atom. The molecule has 0 saturated heterocycles. The average Bonchev–Trinajstić information content (AvgIpc) is 2.75. The largest absolute Gasteiger partial charge is 0.464 e. The van der Waals surface area contributed by atoms with Crippen LogP contribution >= 0.6 is 0 Å². The van der Waals surface area contributed by atoms with E-state index in [0.29, 0.717) is 0 Å². The Bertz CT molecular complexity index is 385. The van der Waals surface area contributed by atoms with Crippen LogP contribution in [0.3, 0.4) is 0 Å². The molecule has 0 atom stereocenters. The van der Waals surface area contributed by atoms with Crippen molar-refractivity contribution < 1.29 is 4.42 Å². The summed E-state index contributed by atoms with van der Waals surface area (Å²) in [5, 5.41) is 0. The number of hydrogen-bond donors (Lipinski definition) is 0. The van der Waals surface area contributed by atoms with E-state index in [2.05, 4.69) is 24.0 Å². The molecule has 1 heteroatoms. The molecule has 0 radical (unpaired) electrons. The van der Waals surface area contributed by atoms with Crippen LogP contribution in [-0.2, 0) is 0 Å². The van der Waals surface area contributed by atoms with Gasteiger partial charge in [0.25, 0.3) is 0 Å². The van der Waals surface area contributed by atoms with E-state index in [1.165, 1.54) is 5.57 Å². The highest BCUT2D eigenvalue weighted by molar-refractivity contribution is 5.43. The van der Waals surface area contributed by atoms with E-state index in [1.54, 1.807) is 6.26 Å². The number of hydrogen-bond acceptors (Lipinski definition) is 1. The Kier molecular flexibility index (Phi) is 2.31. The monoisotopic (exact) mass is 170 g/mol. The zero-order valence-electron chi connectivity index (χ0n) is 7.23. The van der Waals surface area contributed by atoms with Gasteiger partial charge in [0, 0.05) is 6.08 Å². The molecule has 0 fully saturated rings. The molecule has 1 nitrogen and oxygen atoms in total. The van der Waals surface area contributed by atoms with Gasteiger partial charge < -0.3 is 4.42 Å². The maximum absolute atomic E-state index is 5.13. The third-order valence-electron chi connectivity index (χ3n) is 1.84. The topological polar surface area (TPSA) is 13.1 Å². The molecule has 0 aliphatic heterocycles. The van der Waals surface area contributed by atoms with Crippen molar-refractivity contribution >= 4 is 6.08 Å². The molecular formula is C12H10O. The summed E-state index contributed by atoms with van der Waals surface area (Å²) in [5.74, 6) is 0.836. The lowest BCUT2D eigenvalue weighted by Crippen LogP contribution is -1.65. The quantitative estimate of drug-likeness (QED) is 0.620. The van der Waals surface area contributed by atoms with Crippen molar-refractivity contribution in [1.82, 2.24) is 0 Å². The fraction of sp³-hybridized carbons (Fsp3) is 0.0833. The van der Waals surface area contributed by atoms with E-state index in [-0.39, 0.29) is 0 Å². The van der Waals surface area contributed by atoms with E-state index in [9.17, 15) is 0 Å². The second-order valence-electron chi connectivity index (χ2n) is 2.84. The first-order valence-corrected chi connectivity index (χ1v) is 4.27. The minimum atomic E-state index is 0.836. The lowest BCUT2D eigenvalue weighted by Gasteiger charge is -1.84. The van der Waals surface area contributed by atoms with Crippen LogP contribution in [-0.4, -0.2) is 0 Å². The van der Waals surface area contributed by atoms with Gasteiger partial charge >= 0.3 is 0 Å². The van der Waals surface area contributed by atoms with E-state index < -0.39 is 0 Å². The fourth-order valence-corrected chi connectivity index (χ4v) is 1.18. The van der Waals surface area contributed by atoms with Crippen molar-refractivity contribution in [2.24, 2.45) is 0 Å².